The summed E-state index contributed by atoms with van der Waals surface area (Å²) < 4.78 is 52.1. The highest BCUT2D eigenvalue weighted by atomic mass is 19.4. The molecule has 1 unspecified atom stereocenters. The molecule has 168 valence electrons. The van der Waals surface area contributed by atoms with Crippen molar-refractivity contribution in [1.82, 2.24) is 15.0 Å². The SMILES string of the molecule is COCc1nc2nccc(-c3ccc(OCC(C)(N)CC(C)C)c(C(F)(F)F)c3)c2[nH]1. The predicted octanol–water partition coefficient (Wildman–Crippen LogP) is 4.93. The lowest BCUT2D eigenvalue weighted by Gasteiger charge is -2.27. The average Bonchev–Trinajstić information content (AvgIpc) is 3.07. The molecule has 0 saturated heterocycles. The van der Waals surface area contributed by atoms with Crippen molar-refractivity contribution in [2.24, 2.45) is 11.7 Å². The molecule has 1 aromatic carbocycles. The molecule has 31 heavy (non-hydrogen) atoms. The fraction of sp³-hybridized carbons (Fsp3) is 0.455. The molecule has 2 aromatic heterocycles. The Morgan fingerprint density at radius 2 is 1.94 bits per heavy atom. The van der Waals surface area contributed by atoms with E-state index in [9.17, 15) is 13.2 Å². The number of nitrogens with one attached hydrogen (secondary N) is 1. The molecule has 0 radical (unpaired) electrons. The van der Waals surface area contributed by atoms with Crippen LogP contribution in [0.3, 0.4) is 0 Å². The van der Waals surface area contributed by atoms with Gasteiger partial charge in [0.1, 0.15) is 24.8 Å². The molecule has 0 aliphatic rings. The van der Waals surface area contributed by atoms with Gasteiger partial charge in [-0.05, 0) is 43.0 Å². The van der Waals surface area contributed by atoms with Crippen LogP contribution >= 0.6 is 0 Å². The first-order chi connectivity index (χ1) is 14.5. The molecule has 0 saturated carbocycles. The molecular formula is C22H27F3N4O2. The molecule has 2 heterocycles. The first-order valence-electron chi connectivity index (χ1n) is 9.96. The predicted molar refractivity (Wildman–Crippen MR) is 113 cm³/mol. The Bertz CT molecular complexity index is 1040. The van der Waals surface area contributed by atoms with Crippen molar-refractivity contribution in [2.75, 3.05) is 13.7 Å². The lowest BCUT2D eigenvalue weighted by Crippen LogP contribution is -2.43. The third kappa shape index (κ3) is 5.54. The second kappa shape index (κ2) is 8.84. The van der Waals surface area contributed by atoms with Crippen molar-refractivity contribution < 1.29 is 22.6 Å². The van der Waals surface area contributed by atoms with E-state index in [-0.39, 0.29) is 19.0 Å². The van der Waals surface area contributed by atoms with Crippen LogP contribution in [-0.4, -0.2) is 34.2 Å². The summed E-state index contributed by atoms with van der Waals surface area (Å²) in [6.07, 6.45) is -2.45. The molecule has 0 amide bonds. The lowest BCUT2D eigenvalue weighted by molar-refractivity contribution is -0.139. The Morgan fingerprint density at radius 3 is 2.58 bits per heavy atom. The Labute approximate surface area is 179 Å². The zero-order valence-corrected chi connectivity index (χ0v) is 18.0. The second-order valence-corrected chi connectivity index (χ2v) is 8.42. The van der Waals surface area contributed by atoms with Gasteiger partial charge in [-0.15, -0.1) is 0 Å². The maximum atomic E-state index is 13.8. The van der Waals surface area contributed by atoms with Crippen molar-refractivity contribution in [3.05, 3.63) is 41.9 Å². The molecule has 0 aliphatic carbocycles. The number of nitrogens with two attached hydrogens (primary N) is 1. The van der Waals surface area contributed by atoms with E-state index >= 15 is 0 Å². The van der Waals surface area contributed by atoms with E-state index in [1.165, 1.54) is 19.4 Å². The van der Waals surface area contributed by atoms with Crippen LogP contribution in [0.25, 0.3) is 22.3 Å². The number of benzene rings is 1. The van der Waals surface area contributed by atoms with Gasteiger partial charge >= 0.3 is 6.18 Å². The van der Waals surface area contributed by atoms with Crippen LogP contribution in [0.4, 0.5) is 13.2 Å². The van der Waals surface area contributed by atoms with Crippen molar-refractivity contribution >= 4 is 11.2 Å². The number of aromatic nitrogens is 3. The summed E-state index contributed by atoms with van der Waals surface area (Å²) in [5.74, 6) is 0.599. The number of H-pyrrole nitrogens is 1. The maximum absolute atomic E-state index is 13.8. The van der Waals surface area contributed by atoms with Crippen LogP contribution in [0.2, 0.25) is 0 Å². The number of fused-ring (bicyclic) bond motifs is 1. The first kappa shape index (κ1) is 23.0. The lowest BCUT2D eigenvalue weighted by atomic mass is 9.93. The number of hydrogen-bond acceptors (Lipinski definition) is 5. The topological polar surface area (TPSA) is 86.1 Å². The van der Waals surface area contributed by atoms with E-state index < -0.39 is 17.3 Å². The fourth-order valence-corrected chi connectivity index (χ4v) is 3.68. The quantitative estimate of drug-likeness (QED) is 0.523. The number of ether oxygens (including phenoxy) is 2. The Hall–Kier alpha value is -2.65. The van der Waals surface area contributed by atoms with Crippen LogP contribution in [-0.2, 0) is 17.5 Å². The molecule has 0 fully saturated rings. The van der Waals surface area contributed by atoms with Gasteiger partial charge in [0.05, 0.1) is 11.1 Å². The summed E-state index contributed by atoms with van der Waals surface area (Å²) in [4.78, 5) is 11.6. The summed E-state index contributed by atoms with van der Waals surface area (Å²) in [5.41, 5.74) is 6.49. The number of hydrogen-bond donors (Lipinski definition) is 2. The molecule has 0 aliphatic heterocycles. The Kier molecular flexibility index (Phi) is 6.56. The van der Waals surface area contributed by atoms with Gasteiger partial charge in [-0.1, -0.05) is 19.9 Å². The second-order valence-electron chi connectivity index (χ2n) is 8.42. The van der Waals surface area contributed by atoms with Gasteiger partial charge in [0.25, 0.3) is 0 Å². The van der Waals surface area contributed by atoms with Gasteiger partial charge in [-0.25, -0.2) is 9.97 Å². The third-order valence-electron chi connectivity index (χ3n) is 4.75. The van der Waals surface area contributed by atoms with E-state index in [4.69, 9.17) is 15.2 Å². The maximum Gasteiger partial charge on any atom is 0.419 e. The average molecular weight is 436 g/mol. The minimum Gasteiger partial charge on any atom is -0.491 e. The molecule has 3 N–H and O–H groups in total. The van der Waals surface area contributed by atoms with Crippen molar-refractivity contribution in [2.45, 2.75) is 45.5 Å². The Morgan fingerprint density at radius 1 is 1.19 bits per heavy atom. The van der Waals surface area contributed by atoms with Crippen LogP contribution in [0.15, 0.2) is 30.5 Å². The van der Waals surface area contributed by atoms with Gasteiger partial charge in [0.2, 0.25) is 0 Å². The Balaban J connectivity index is 1.98. The summed E-state index contributed by atoms with van der Waals surface area (Å²) in [6, 6.07) is 5.65. The van der Waals surface area contributed by atoms with Crippen molar-refractivity contribution in [3.63, 3.8) is 0 Å². The van der Waals surface area contributed by atoms with Gasteiger partial charge in [-0.2, -0.15) is 13.2 Å². The van der Waals surface area contributed by atoms with E-state index in [0.717, 1.165) is 6.07 Å². The van der Waals surface area contributed by atoms with E-state index in [0.29, 0.717) is 40.5 Å². The highest BCUT2D eigenvalue weighted by molar-refractivity contribution is 5.90. The molecule has 6 nitrogen and oxygen atoms in total. The van der Waals surface area contributed by atoms with Crippen LogP contribution in [0.1, 0.15) is 38.6 Å². The minimum absolute atomic E-state index is 0.0198. The number of methoxy groups -OCH3 is 1. The smallest absolute Gasteiger partial charge is 0.419 e. The van der Waals surface area contributed by atoms with E-state index in [1.54, 1.807) is 19.1 Å². The fourth-order valence-electron chi connectivity index (χ4n) is 3.68. The van der Waals surface area contributed by atoms with E-state index in [2.05, 4.69) is 15.0 Å². The highest BCUT2D eigenvalue weighted by Gasteiger charge is 2.35. The third-order valence-corrected chi connectivity index (χ3v) is 4.75. The number of imidazole rings is 1. The minimum atomic E-state index is -4.59. The molecule has 9 heteroatoms. The normalized spacial score (nSPS) is 14.2. The molecule has 0 bridgehead atoms. The van der Waals surface area contributed by atoms with Gasteiger partial charge in [0.15, 0.2) is 5.65 Å². The summed E-state index contributed by atoms with van der Waals surface area (Å²) >= 11 is 0. The van der Waals surface area contributed by atoms with Crippen LogP contribution in [0.5, 0.6) is 5.75 Å². The number of rotatable bonds is 8. The van der Waals surface area contributed by atoms with E-state index in [1.807, 2.05) is 13.8 Å². The largest absolute Gasteiger partial charge is 0.491 e. The number of aromatic amines is 1. The number of halogens is 3. The zero-order chi connectivity index (χ0) is 22.8. The molecule has 1 atom stereocenters. The van der Waals surface area contributed by atoms with Crippen molar-refractivity contribution in [1.29, 1.82) is 0 Å². The van der Waals surface area contributed by atoms with Crippen molar-refractivity contribution in [3.8, 4) is 16.9 Å². The number of alkyl halides is 3. The molecule has 3 rings (SSSR count). The van der Waals surface area contributed by atoms with Gasteiger partial charge in [-0.3, -0.25) is 0 Å². The van der Waals surface area contributed by atoms with Crippen LogP contribution < -0.4 is 10.5 Å². The summed E-state index contributed by atoms with van der Waals surface area (Å²) in [7, 11) is 1.53. The zero-order valence-electron chi connectivity index (χ0n) is 18.0. The summed E-state index contributed by atoms with van der Waals surface area (Å²) in [6.45, 7) is 6.00. The number of pyridine rings is 1. The standard InChI is InChI=1S/C22H27F3N4O2/c1-13(2)10-21(3,26)12-31-17-6-5-14(9-16(17)22(23,24)25)15-7-8-27-20-19(15)28-18(29-20)11-30-4/h5-9,13H,10-12,26H2,1-4H3,(H,27,28,29). The van der Waals surface area contributed by atoms with Crippen LogP contribution in [0, 0.1) is 5.92 Å². The first-order valence-corrected chi connectivity index (χ1v) is 9.96. The highest BCUT2D eigenvalue weighted by Crippen LogP contribution is 2.40. The van der Waals surface area contributed by atoms with Gasteiger partial charge in [0, 0.05) is 24.4 Å². The molecular weight excluding hydrogens is 409 g/mol. The molecule has 3 aromatic rings. The summed E-state index contributed by atoms with van der Waals surface area (Å²) in [5, 5.41) is 0. The van der Waals surface area contributed by atoms with Gasteiger partial charge < -0.3 is 20.2 Å². The number of nitrogens with zero attached hydrogens (tertiary/aromatic N) is 2. The molecule has 0 spiro atoms. The monoisotopic (exact) mass is 436 g/mol.